The molecule has 2 heterocycles. The van der Waals surface area contributed by atoms with Crippen LogP contribution in [-0.4, -0.2) is 34.7 Å². The first-order valence-corrected chi connectivity index (χ1v) is 12.3. The van der Waals surface area contributed by atoms with E-state index >= 15 is 0 Å². The Hall–Kier alpha value is -2.69. The average molecular weight is 394 g/mol. The third-order valence-corrected chi connectivity index (χ3v) is 9.77. The van der Waals surface area contributed by atoms with E-state index in [9.17, 15) is 0 Å². The van der Waals surface area contributed by atoms with Crippen molar-refractivity contribution in [3.63, 3.8) is 0 Å². The summed E-state index contributed by atoms with van der Waals surface area (Å²) in [5, 5.41) is 5.50. The Labute approximate surface area is 167 Å². The van der Waals surface area contributed by atoms with E-state index in [2.05, 4.69) is 60.8 Å². The van der Waals surface area contributed by atoms with Crippen LogP contribution >= 0.6 is 0 Å². The van der Waals surface area contributed by atoms with Crippen LogP contribution < -0.4 is 5.73 Å². The number of aromatic nitrogens is 4. The Morgan fingerprint density at radius 3 is 2.50 bits per heavy atom. The molecule has 146 valence electrons. The molecule has 6 nitrogen and oxygen atoms in total. The molecule has 3 aromatic rings. The van der Waals surface area contributed by atoms with Crippen LogP contribution in [0.3, 0.4) is 0 Å². The minimum atomic E-state index is -1.82. The van der Waals surface area contributed by atoms with Gasteiger partial charge in [0.05, 0.1) is 18.5 Å². The van der Waals surface area contributed by atoms with E-state index < -0.39 is 8.32 Å². The van der Waals surface area contributed by atoms with Gasteiger partial charge in [-0.3, -0.25) is 0 Å². The second kappa shape index (κ2) is 7.74. The Balaban J connectivity index is 1.88. The highest BCUT2D eigenvalue weighted by Crippen LogP contribution is 2.36. The molecule has 0 spiro atoms. The predicted octanol–water partition coefficient (Wildman–Crippen LogP) is 3.83. The van der Waals surface area contributed by atoms with Gasteiger partial charge in [-0.15, -0.1) is 0 Å². The summed E-state index contributed by atoms with van der Waals surface area (Å²) >= 11 is 0. The summed E-state index contributed by atoms with van der Waals surface area (Å²) < 4.78 is 8.10. The number of hydrogen-bond acceptors (Lipinski definition) is 5. The minimum absolute atomic E-state index is 0.165. The molecule has 0 aliphatic rings. The first kappa shape index (κ1) is 20.1. The second-order valence-electron chi connectivity index (χ2n) is 8.25. The summed E-state index contributed by atoms with van der Waals surface area (Å²) in [5.74, 6) is 6.64. The summed E-state index contributed by atoms with van der Waals surface area (Å²) in [6.07, 6.45) is 1.46. The van der Waals surface area contributed by atoms with E-state index in [1.165, 1.54) is 6.33 Å². The normalized spacial score (nSPS) is 12.0. The van der Waals surface area contributed by atoms with Gasteiger partial charge < -0.3 is 10.2 Å². The van der Waals surface area contributed by atoms with Gasteiger partial charge in [0.1, 0.15) is 17.8 Å². The van der Waals surface area contributed by atoms with Gasteiger partial charge in [0.2, 0.25) is 0 Å². The summed E-state index contributed by atoms with van der Waals surface area (Å²) in [4.78, 5) is 8.49. The molecule has 0 saturated heterocycles. The van der Waals surface area contributed by atoms with Crippen LogP contribution in [0, 0.1) is 11.8 Å². The highest BCUT2D eigenvalue weighted by atomic mass is 28.4. The lowest BCUT2D eigenvalue weighted by molar-refractivity contribution is 0.267. The molecule has 0 amide bonds. The van der Waals surface area contributed by atoms with Crippen LogP contribution in [0.5, 0.6) is 0 Å². The Bertz CT molecular complexity index is 1030. The van der Waals surface area contributed by atoms with Crippen molar-refractivity contribution in [2.24, 2.45) is 0 Å². The average Bonchev–Trinajstić information content (AvgIpc) is 2.99. The summed E-state index contributed by atoms with van der Waals surface area (Å²) in [6.45, 7) is 12.3. The largest absolute Gasteiger partial charge is 0.415 e. The lowest BCUT2D eigenvalue weighted by Gasteiger charge is -2.36. The summed E-state index contributed by atoms with van der Waals surface area (Å²) in [7, 11) is -1.82. The number of hydrogen-bond donors (Lipinski definition) is 1. The number of nitrogen functional groups attached to an aromatic ring is 1. The van der Waals surface area contributed by atoms with E-state index in [1.807, 2.05) is 35.0 Å². The topological polar surface area (TPSA) is 78.9 Å². The summed E-state index contributed by atoms with van der Waals surface area (Å²) in [5.41, 5.74) is 8.29. The lowest BCUT2D eigenvalue weighted by atomic mass is 10.2. The van der Waals surface area contributed by atoms with Crippen molar-refractivity contribution in [1.82, 2.24) is 19.7 Å². The monoisotopic (exact) mass is 393 g/mol. The molecule has 0 unspecified atom stereocenters. The SMILES string of the molecule is CC(C)(C)[Si](C)(C)OCCn1nc(C#Cc2ccccc2)c2c(N)ncnc21. The zero-order valence-electron chi connectivity index (χ0n) is 17.2. The third kappa shape index (κ3) is 4.24. The van der Waals surface area contributed by atoms with Crippen LogP contribution in [0.15, 0.2) is 36.7 Å². The zero-order valence-corrected chi connectivity index (χ0v) is 18.2. The minimum Gasteiger partial charge on any atom is -0.415 e. The van der Waals surface area contributed by atoms with E-state index in [0.717, 1.165) is 5.56 Å². The maximum absolute atomic E-state index is 6.28. The maximum Gasteiger partial charge on any atom is 0.192 e. The van der Waals surface area contributed by atoms with E-state index in [4.69, 9.17) is 10.2 Å². The first-order chi connectivity index (χ1) is 13.2. The third-order valence-electron chi connectivity index (χ3n) is 5.23. The number of anilines is 1. The molecular weight excluding hydrogens is 366 g/mol. The lowest BCUT2D eigenvalue weighted by Crippen LogP contribution is -2.41. The van der Waals surface area contributed by atoms with Crippen LogP contribution in [0.4, 0.5) is 5.82 Å². The van der Waals surface area contributed by atoms with Crippen molar-refractivity contribution in [3.05, 3.63) is 47.9 Å². The van der Waals surface area contributed by atoms with Crippen LogP contribution in [0.2, 0.25) is 18.1 Å². The number of benzene rings is 1. The van der Waals surface area contributed by atoms with Gasteiger partial charge in [-0.2, -0.15) is 5.10 Å². The highest BCUT2D eigenvalue weighted by Gasteiger charge is 2.36. The smallest absolute Gasteiger partial charge is 0.192 e. The zero-order chi connectivity index (χ0) is 20.4. The molecule has 28 heavy (non-hydrogen) atoms. The highest BCUT2D eigenvalue weighted by molar-refractivity contribution is 6.74. The molecule has 3 rings (SSSR count). The second-order valence-corrected chi connectivity index (χ2v) is 13.1. The molecule has 0 aliphatic heterocycles. The predicted molar refractivity (Wildman–Crippen MR) is 115 cm³/mol. The van der Waals surface area contributed by atoms with Crippen LogP contribution in [0.25, 0.3) is 11.0 Å². The van der Waals surface area contributed by atoms with Crippen LogP contribution in [-0.2, 0) is 11.0 Å². The van der Waals surface area contributed by atoms with Gasteiger partial charge in [0.25, 0.3) is 0 Å². The van der Waals surface area contributed by atoms with E-state index in [1.54, 1.807) is 0 Å². The standard InChI is InChI=1S/C21H27N5OSi/c1-21(2,3)28(4,5)27-14-13-26-20-18(19(22)23-15-24-20)17(25-26)12-11-16-9-7-6-8-10-16/h6-10,15H,13-14H2,1-5H3,(H2,22,23,24). The Morgan fingerprint density at radius 2 is 1.82 bits per heavy atom. The fourth-order valence-corrected chi connectivity index (χ4v) is 3.57. The van der Waals surface area contributed by atoms with Crippen molar-refractivity contribution in [2.75, 3.05) is 12.3 Å². The molecule has 0 atom stereocenters. The number of nitrogens with two attached hydrogens (primary N) is 1. The van der Waals surface area contributed by atoms with Crippen LogP contribution in [0.1, 0.15) is 32.0 Å². The molecule has 2 N–H and O–H groups in total. The van der Waals surface area contributed by atoms with Crippen molar-refractivity contribution < 1.29 is 4.43 Å². The van der Waals surface area contributed by atoms with Crippen molar-refractivity contribution in [2.45, 2.75) is 45.4 Å². The van der Waals surface area contributed by atoms with Crippen molar-refractivity contribution in [1.29, 1.82) is 0 Å². The molecule has 0 aliphatic carbocycles. The first-order valence-electron chi connectivity index (χ1n) is 9.37. The van der Waals surface area contributed by atoms with Gasteiger partial charge in [0, 0.05) is 5.56 Å². The number of rotatable bonds is 4. The van der Waals surface area contributed by atoms with Gasteiger partial charge in [-0.25, -0.2) is 14.6 Å². The molecule has 0 radical (unpaired) electrons. The van der Waals surface area contributed by atoms with Crippen molar-refractivity contribution in [3.8, 4) is 11.8 Å². The number of nitrogens with zero attached hydrogens (tertiary/aromatic N) is 4. The quantitative estimate of drug-likeness (QED) is 0.538. The van der Waals surface area contributed by atoms with Gasteiger partial charge in [-0.1, -0.05) is 44.9 Å². The van der Waals surface area contributed by atoms with Gasteiger partial charge in [-0.05, 0) is 36.2 Å². The van der Waals surface area contributed by atoms with Crippen molar-refractivity contribution >= 4 is 25.2 Å². The van der Waals surface area contributed by atoms with E-state index in [0.29, 0.717) is 35.7 Å². The maximum atomic E-state index is 6.28. The molecule has 1 aromatic carbocycles. The Morgan fingerprint density at radius 1 is 1.11 bits per heavy atom. The fraction of sp³-hybridized carbons (Fsp3) is 0.381. The molecule has 0 fully saturated rings. The van der Waals surface area contributed by atoms with Gasteiger partial charge >= 0.3 is 0 Å². The Kier molecular flexibility index (Phi) is 5.54. The summed E-state index contributed by atoms with van der Waals surface area (Å²) in [6, 6.07) is 9.79. The molecular formula is C21H27N5OSi. The van der Waals surface area contributed by atoms with Gasteiger partial charge in [0.15, 0.2) is 14.0 Å². The molecule has 7 heteroatoms. The van der Waals surface area contributed by atoms with E-state index in [-0.39, 0.29) is 5.04 Å². The fourth-order valence-electron chi connectivity index (χ4n) is 2.53. The number of fused-ring (bicyclic) bond motifs is 1. The molecule has 2 aromatic heterocycles. The molecule has 0 saturated carbocycles. The molecule has 0 bridgehead atoms.